The number of pyridine rings is 3. The van der Waals surface area contributed by atoms with E-state index in [0.29, 0.717) is 0 Å². The summed E-state index contributed by atoms with van der Waals surface area (Å²) in [5.74, 6) is 0. The second-order valence-corrected chi connectivity index (χ2v) is 10.6. The topological polar surface area (TPSA) is 29.7 Å². The zero-order valence-corrected chi connectivity index (χ0v) is 28.6. The summed E-state index contributed by atoms with van der Waals surface area (Å²) in [4.78, 5) is 8.54. The van der Waals surface area contributed by atoms with Crippen molar-refractivity contribution in [2.45, 2.75) is 0 Å². The fourth-order valence-corrected chi connectivity index (χ4v) is 5.01. The normalized spacial score (nSPS) is 10.0. The van der Waals surface area contributed by atoms with Crippen LogP contribution in [0.4, 0.5) is 0 Å². The standard InChI is InChI=1S/C18H14N.C15H10N.C11H8N.Ir/c1-19-13-6-5-12-18(19)17-11-7-10-16(14-17)15-8-3-2-4-9-15;1-2-6-13-11-14(9-8-12(13)5-1)15-7-3-4-10-16-15;1-2-6-10(7-3-1)11-8-4-5-9-12-11;/h2-10,12-14H,1H2;1-10H;1-6,8-9H;/q3*-1;. The summed E-state index contributed by atoms with van der Waals surface area (Å²) < 4.78 is 1.86. The van der Waals surface area contributed by atoms with Crippen molar-refractivity contribution in [1.82, 2.24) is 9.97 Å². The monoisotopic (exact) mass is 795 g/mol. The first-order valence-corrected chi connectivity index (χ1v) is 15.3. The third-order valence-corrected chi connectivity index (χ3v) is 7.38. The van der Waals surface area contributed by atoms with Crippen molar-refractivity contribution in [3.05, 3.63) is 208 Å². The van der Waals surface area contributed by atoms with Crippen LogP contribution in [0.5, 0.6) is 0 Å². The second-order valence-electron chi connectivity index (χ2n) is 10.6. The molecular weight excluding hydrogens is 763 g/mol. The molecule has 0 N–H and O–H groups in total. The van der Waals surface area contributed by atoms with Crippen molar-refractivity contribution in [3.8, 4) is 44.9 Å². The van der Waals surface area contributed by atoms with Gasteiger partial charge < -0.3 is 9.55 Å². The Morgan fingerprint density at radius 1 is 0.500 bits per heavy atom. The summed E-state index contributed by atoms with van der Waals surface area (Å²) in [5, 5.41) is 2.34. The van der Waals surface area contributed by atoms with Gasteiger partial charge in [0.25, 0.3) is 0 Å². The van der Waals surface area contributed by atoms with E-state index >= 15 is 0 Å². The average molecular weight is 795 g/mol. The molecule has 0 aliphatic heterocycles. The molecule has 5 aromatic carbocycles. The third-order valence-electron chi connectivity index (χ3n) is 7.38. The summed E-state index contributed by atoms with van der Waals surface area (Å²) >= 11 is 0. The Kier molecular flexibility index (Phi) is 12.1. The molecule has 0 atom stereocenters. The molecule has 0 aliphatic rings. The Morgan fingerprint density at radius 3 is 1.88 bits per heavy atom. The number of rotatable bonds is 4. The van der Waals surface area contributed by atoms with E-state index in [1.165, 1.54) is 16.5 Å². The molecular formula is C44H32IrN3-3. The number of hydrogen-bond acceptors (Lipinski definition) is 2. The van der Waals surface area contributed by atoms with E-state index in [4.69, 9.17) is 0 Å². The molecule has 0 spiro atoms. The third kappa shape index (κ3) is 8.98. The minimum Gasteiger partial charge on any atom is -0.321 e. The van der Waals surface area contributed by atoms with Crippen molar-refractivity contribution in [2.24, 2.45) is 0 Å². The van der Waals surface area contributed by atoms with Crippen LogP contribution in [0.3, 0.4) is 0 Å². The van der Waals surface area contributed by atoms with Gasteiger partial charge in [-0.05, 0) is 29.5 Å². The Bertz CT molecular complexity index is 2100. The van der Waals surface area contributed by atoms with E-state index in [0.717, 1.165) is 39.2 Å². The second kappa shape index (κ2) is 17.3. The number of benzene rings is 5. The maximum Gasteiger partial charge on any atom is 0.115 e. The minimum absolute atomic E-state index is 0. The predicted molar refractivity (Wildman–Crippen MR) is 192 cm³/mol. The quantitative estimate of drug-likeness (QED) is 0.131. The van der Waals surface area contributed by atoms with E-state index in [-0.39, 0.29) is 20.1 Å². The summed E-state index contributed by atoms with van der Waals surface area (Å²) in [7, 11) is 4.00. The maximum atomic E-state index is 4.32. The Hall–Kier alpha value is -5.67. The van der Waals surface area contributed by atoms with Crippen LogP contribution in [0.1, 0.15) is 0 Å². The fraction of sp³-hybridized carbons (Fsp3) is 0. The Balaban J connectivity index is 0.000000143. The molecule has 0 bridgehead atoms. The van der Waals surface area contributed by atoms with Crippen LogP contribution in [-0.2, 0) is 20.1 Å². The molecule has 0 saturated carbocycles. The van der Waals surface area contributed by atoms with Crippen LogP contribution in [-0.4, -0.2) is 9.97 Å². The van der Waals surface area contributed by atoms with Gasteiger partial charge in [0.05, 0.1) is 6.20 Å². The molecule has 0 aliphatic carbocycles. The van der Waals surface area contributed by atoms with Gasteiger partial charge in [-0.25, -0.2) is 0 Å². The fourth-order valence-electron chi connectivity index (χ4n) is 5.01. The first-order valence-electron chi connectivity index (χ1n) is 15.3. The van der Waals surface area contributed by atoms with Crippen LogP contribution in [0.25, 0.3) is 55.7 Å². The van der Waals surface area contributed by atoms with E-state index < -0.39 is 0 Å². The molecule has 0 fully saturated rings. The molecule has 0 amide bonds. The van der Waals surface area contributed by atoms with E-state index in [1.54, 1.807) is 12.4 Å². The smallest absolute Gasteiger partial charge is 0.115 e. The zero-order chi connectivity index (χ0) is 32.1. The Labute approximate surface area is 296 Å². The van der Waals surface area contributed by atoms with Gasteiger partial charge in [0, 0.05) is 45.2 Å². The largest absolute Gasteiger partial charge is 0.321 e. The molecule has 8 aromatic rings. The molecule has 48 heavy (non-hydrogen) atoms. The molecule has 3 aromatic heterocycles. The van der Waals surface area contributed by atoms with Crippen LogP contribution in [0.2, 0.25) is 0 Å². The van der Waals surface area contributed by atoms with E-state index in [9.17, 15) is 0 Å². The number of hydrogen-bond donors (Lipinski definition) is 0. The van der Waals surface area contributed by atoms with Gasteiger partial charge in [-0.2, -0.15) is 0 Å². The van der Waals surface area contributed by atoms with E-state index in [2.05, 4.69) is 95.9 Å². The molecule has 0 unspecified atom stereocenters. The molecule has 1 radical (unpaired) electrons. The van der Waals surface area contributed by atoms with Gasteiger partial charge >= 0.3 is 0 Å². The predicted octanol–water partition coefficient (Wildman–Crippen LogP) is 10.00. The van der Waals surface area contributed by atoms with Crippen LogP contribution in [0, 0.1) is 25.2 Å². The average Bonchev–Trinajstić information content (AvgIpc) is 3.17. The minimum atomic E-state index is 0. The first kappa shape index (κ1) is 33.7. The number of fused-ring (bicyclic) bond motifs is 1. The van der Waals surface area contributed by atoms with Crippen molar-refractivity contribution >= 4 is 10.8 Å². The molecule has 8 rings (SSSR count). The van der Waals surface area contributed by atoms with Crippen LogP contribution >= 0.6 is 0 Å². The van der Waals surface area contributed by atoms with Gasteiger partial charge in [0.2, 0.25) is 0 Å². The summed E-state index contributed by atoms with van der Waals surface area (Å²) in [6.45, 7) is 0. The number of nitrogens with zero attached hydrogens (tertiary/aromatic N) is 3. The van der Waals surface area contributed by atoms with Gasteiger partial charge in [-0.15, -0.1) is 95.4 Å². The summed E-state index contributed by atoms with van der Waals surface area (Å²) in [6, 6.07) is 64.4. The maximum absolute atomic E-state index is 4.32. The zero-order valence-electron chi connectivity index (χ0n) is 26.2. The molecule has 235 valence electrons. The van der Waals surface area contributed by atoms with Gasteiger partial charge in [-0.3, -0.25) is 4.98 Å². The SMILES string of the molecule is [CH2-][n+]1ccccc1-c1[c-]ccc(-c2ccccc2)c1.[Ir].[c-]1c(-c2ccccn2)ccc2ccccc12.[c-]1ccccc1-c1ccccn1. The number of aromatic nitrogens is 3. The van der Waals surface area contributed by atoms with Crippen molar-refractivity contribution < 1.29 is 24.7 Å². The molecule has 4 heteroatoms. The van der Waals surface area contributed by atoms with Gasteiger partial charge in [0.1, 0.15) is 5.69 Å². The van der Waals surface area contributed by atoms with Gasteiger partial charge in [-0.1, -0.05) is 101 Å². The summed E-state index contributed by atoms with van der Waals surface area (Å²) in [6.07, 6.45) is 5.53. The van der Waals surface area contributed by atoms with Crippen molar-refractivity contribution in [3.63, 3.8) is 0 Å². The summed E-state index contributed by atoms with van der Waals surface area (Å²) in [5.41, 5.74) is 8.53. The van der Waals surface area contributed by atoms with Crippen LogP contribution < -0.4 is 4.57 Å². The van der Waals surface area contributed by atoms with Crippen molar-refractivity contribution in [2.75, 3.05) is 0 Å². The van der Waals surface area contributed by atoms with Gasteiger partial charge in [0.15, 0.2) is 0 Å². The van der Waals surface area contributed by atoms with Crippen LogP contribution in [0.15, 0.2) is 182 Å². The molecule has 3 nitrogen and oxygen atoms in total. The van der Waals surface area contributed by atoms with E-state index in [1.807, 2.05) is 114 Å². The molecule has 3 heterocycles. The first-order chi connectivity index (χ1) is 23.2. The van der Waals surface area contributed by atoms with Crippen molar-refractivity contribution in [1.29, 1.82) is 0 Å². The Morgan fingerprint density at radius 2 is 1.17 bits per heavy atom. The molecule has 0 saturated heterocycles.